The van der Waals surface area contributed by atoms with Gasteiger partial charge in [0.1, 0.15) is 0 Å². The zero-order valence-electron chi connectivity index (χ0n) is 8.58. The molecule has 0 aliphatic heterocycles. The average molecular weight is 202 g/mol. The average Bonchev–Trinajstić information content (AvgIpc) is 2.59. The second-order valence-electron chi connectivity index (χ2n) is 3.56. The molecule has 1 heteroatoms. The molecule has 0 aliphatic carbocycles. The summed E-state index contributed by atoms with van der Waals surface area (Å²) in [6.07, 6.45) is 3.28. The van der Waals surface area contributed by atoms with E-state index in [1.807, 2.05) is 11.3 Å². The van der Waals surface area contributed by atoms with Gasteiger partial charge in [0.25, 0.3) is 0 Å². The summed E-state index contributed by atoms with van der Waals surface area (Å²) in [5.41, 5.74) is 1.44. The van der Waals surface area contributed by atoms with Crippen molar-refractivity contribution in [1.82, 2.24) is 0 Å². The monoisotopic (exact) mass is 202 g/mol. The van der Waals surface area contributed by atoms with Crippen LogP contribution >= 0.6 is 11.3 Å². The fourth-order valence-corrected chi connectivity index (χ4v) is 2.66. The van der Waals surface area contributed by atoms with E-state index in [0.717, 1.165) is 6.42 Å². The Morgan fingerprint density at radius 2 is 2.14 bits per heavy atom. The van der Waals surface area contributed by atoms with E-state index < -0.39 is 0 Å². The summed E-state index contributed by atoms with van der Waals surface area (Å²) in [6, 6.07) is 10.9. The zero-order chi connectivity index (χ0) is 9.97. The Bertz CT molecular complexity index is 430. The summed E-state index contributed by atoms with van der Waals surface area (Å²) in [6.45, 7) is 4.28. The Balaban J connectivity index is 2.36. The van der Waals surface area contributed by atoms with Crippen molar-refractivity contribution in [2.24, 2.45) is 0 Å². The molecule has 0 spiro atoms. The summed E-state index contributed by atoms with van der Waals surface area (Å²) in [4.78, 5) is 1.46. The SMILES string of the molecule is CC=C(C)Cc1cc2ccccc2s1. The lowest BCUT2D eigenvalue weighted by atomic mass is 10.1. The molecule has 0 saturated carbocycles. The van der Waals surface area contributed by atoms with E-state index in [-0.39, 0.29) is 0 Å². The van der Waals surface area contributed by atoms with Crippen molar-refractivity contribution in [3.63, 3.8) is 0 Å². The highest BCUT2D eigenvalue weighted by Crippen LogP contribution is 2.26. The molecule has 2 aromatic rings. The Kier molecular flexibility index (Phi) is 2.69. The first-order chi connectivity index (χ1) is 6.79. The molecular weight excluding hydrogens is 188 g/mol. The molecule has 1 aromatic heterocycles. The number of hydrogen-bond donors (Lipinski definition) is 0. The molecule has 0 unspecified atom stereocenters. The summed E-state index contributed by atoms with van der Waals surface area (Å²) in [5, 5.41) is 1.37. The fraction of sp³-hybridized carbons (Fsp3) is 0.231. The summed E-state index contributed by atoms with van der Waals surface area (Å²) < 4.78 is 1.39. The molecule has 0 fully saturated rings. The fourth-order valence-electron chi connectivity index (χ4n) is 1.50. The predicted octanol–water partition coefficient (Wildman–Crippen LogP) is 4.41. The van der Waals surface area contributed by atoms with E-state index in [0.29, 0.717) is 0 Å². The number of hydrogen-bond acceptors (Lipinski definition) is 1. The molecule has 1 heterocycles. The minimum Gasteiger partial charge on any atom is -0.140 e. The van der Waals surface area contributed by atoms with Gasteiger partial charge in [-0.2, -0.15) is 0 Å². The van der Waals surface area contributed by atoms with Crippen LogP contribution < -0.4 is 0 Å². The Labute approximate surface area is 88.9 Å². The van der Waals surface area contributed by atoms with Crippen molar-refractivity contribution in [2.45, 2.75) is 20.3 Å². The smallest absolute Gasteiger partial charge is 0.0345 e. The summed E-state index contributed by atoms with van der Waals surface area (Å²) in [7, 11) is 0. The maximum Gasteiger partial charge on any atom is 0.0345 e. The second-order valence-corrected chi connectivity index (χ2v) is 4.73. The maximum absolute atomic E-state index is 2.30. The molecule has 0 bridgehead atoms. The van der Waals surface area contributed by atoms with Gasteiger partial charge in [-0.3, -0.25) is 0 Å². The number of allylic oxidation sites excluding steroid dienone is 2. The third-order valence-electron chi connectivity index (χ3n) is 2.42. The lowest BCUT2D eigenvalue weighted by molar-refractivity contribution is 1.17. The van der Waals surface area contributed by atoms with Crippen molar-refractivity contribution in [1.29, 1.82) is 0 Å². The van der Waals surface area contributed by atoms with Crippen LogP contribution in [0.4, 0.5) is 0 Å². The van der Waals surface area contributed by atoms with Crippen molar-refractivity contribution >= 4 is 21.4 Å². The first kappa shape index (κ1) is 9.47. The number of benzene rings is 1. The van der Waals surface area contributed by atoms with Gasteiger partial charge < -0.3 is 0 Å². The van der Waals surface area contributed by atoms with Crippen LogP contribution in [0.3, 0.4) is 0 Å². The molecule has 0 saturated heterocycles. The van der Waals surface area contributed by atoms with Crippen LogP contribution in [0.15, 0.2) is 42.0 Å². The van der Waals surface area contributed by atoms with Gasteiger partial charge >= 0.3 is 0 Å². The first-order valence-corrected chi connectivity index (χ1v) is 5.70. The number of thiophene rings is 1. The molecule has 0 N–H and O–H groups in total. The summed E-state index contributed by atoms with van der Waals surface area (Å²) in [5.74, 6) is 0. The zero-order valence-corrected chi connectivity index (χ0v) is 9.40. The third-order valence-corrected chi connectivity index (χ3v) is 3.54. The standard InChI is InChI=1S/C13H14S/c1-3-10(2)8-12-9-11-6-4-5-7-13(11)14-12/h3-7,9H,8H2,1-2H3. The van der Waals surface area contributed by atoms with Gasteiger partial charge in [0.05, 0.1) is 0 Å². The van der Waals surface area contributed by atoms with E-state index in [9.17, 15) is 0 Å². The highest BCUT2D eigenvalue weighted by atomic mass is 32.1. The molecule has 0 atom stereocenters. The van der Waals surface area contributed by atoms with Crippen LogP contribution in [0.1, 0.15) is 18.7 Å². The molecule has 72 valence electrons. The maximum atomic E-state index is 2.30. The Morgan fingerprint density at radius 1 is 1.36 bits per heavy atom. The van der Waals surface area contributed by atoms with Crippen LogP contribution in [-0.2, 0) is 6.42 Å². The third kappa shape index (κ3) is 1.88. The molecule has 1 aromatic carbocycles. The minimum absolute atomic E-state index is 1.09. The van der Waals surface area contributed by atoms with Crippen LogP contribution in [0.5, 0.6) is 0 Å². The molecule has 0 amide bonds. The highest BCUT2D eigenvalue weighted by Gasteiger charge is 2.00. The Morgan fingerprint density at radius 3 is 2.86 bits per heavy atom. The van der Waals surface area contributed by atoms with Gasteiger partial charge in [0.2, 0.25) is 0 Å². The van der Waals surface area contributed by atoms with Gasteiger partial charge in [0, 0.05) is 16.0 Å². The molecule has 0 aliphatic rings. The normalized spacial score (nSPS) is 12.3. The minimum atomic E-state index is 1.09. The molecular formula is C13H14S. The van der Waals surface area contributed by atoms with E-state index in [1.54, 1.807) is 0 Å². The second kappa shape index (κ2) is 3.97. The molecule has 0 radical (unpaired) electrons. The van der Waals surface area contributed by atoms with Crippen LogP contribution in [-0.4, -0.2) is 0 Å². The molecule has 2 rings (SSSR count). The van der Waals surface area contributed by atoms with Crippen molar-refractivity contribution < 1.29 is 0 Å². The largest absolute Gasteiger partial charge is 0.140 e. The van der Waals surface area contributed by atoms with Crippen molar-refractivity contribution in [2.75, 3.05) is 0 Å². The van der Waals surface area contributed by atoms with Gasteiger partial charge in [-0.25, -0.2) is 0 Å². The van der Waals surface area contributed by atoms with Gasteiger partial charge in [-0.05, 0) is 31.4 Å². The highest BCUT2D eigenvalue weighted by molar-refractivity contribution is 7.19. The van der Waals surface area contributed by atoms with Gasteiger partial charge in [-0.1, -0.05) is 29.8 Å². The Hall–Kier alpha value is -1.08. The predicted molar refractivity (Wildman–Crippen MR) is 65.0 cm³/mol. The quantitative estimate of drug-likeness (QED) is 0.633. The number of rotatable bonds is 2. The lowest BCUT2D eigenvalue weighted by Crippen LogP contribution is -1.79. The number of fused-ring (bicyclic) bond motifs is 1. The summed E-state index contributed by atoms with van der Waals surface area (Å²) >= 11 is 1.90. The van der Waals surface area contributed by atoms with Gasteiger partial charge in [0.15, 0.2) is 0 Å². The van der Waals surface area contributed by atoms with Crippen molar-refractivity contribution in [3.8, 4) is 0 Å². The van der Waals surface area contributed by atoms with Crippen LogP contribution in [0.2, 0.25) is 0 Å². The van der Waals surface area contributed by atoms with E-state index >= 15 is 0 Å². The van der Waals surface area contributed by atoms with Crippen LogP contribution in [0, 0.1) is 0 Å². The molecule has 0 nitrogen and oxygen atoms in total. The van der Waals surface area contributed by atoms with E-state index in [2.05, 4.69) is 50.3 Å². The topological polar surface area (TPSA) is 0 Å². The molecule has 14 heavy (non-hydrogen) atoms. The van der Waals surface area contributed by atoms with E-state index in [1.165, 1.54) is 20.5 Å². The van der Waals surface area contributed by atoms with Crippen LogP contribution in [0.25, 0.3) is 10.1 Å². The van der Waals surface area contributed by atoms with Gasteiger partial charge in [-0.15, -0.1) is 11.3 Å². The first-order valence-electron chi connectivity index (χ1n) is 4.89. The van der Waals surface area contributed by atoms with Crippen molar-refractivity contribution in [3.05, 3.63) is 46.9 Å². The van der Waals surface area contributed by atoms with E-state index in [4.69, 9.17) is 0 Å². The lowest BCUT2D eigenvalue weighted by Gasteiger charge is -1.94.